The molecule has 1 amide bonds. The quantitative estimate of drug-likeness (QED) is 0.668. The predicted molar refractivity (Wildman–Crippen MR) is 75.5 cm³/mol. The Morgan fingerprint density at radius 3 is 2.58 bits per heavy atom. The highest BCUT2D eigenvalue weighted by molar-refractivity contribution is 5.94. The number of hydrogen-bond acceptors (Lipinski definition) is 3. The molecule has 1 saturated carbocycles. The lowest BCUT2D eigenvalue weighted by molar-refractivity contribution is 0.0955. The van der Waals surface area contributed by atoms with Crippen LogP contribution >= 0.6 is 0 Å². The van der Waals surface area contributed by atoms with Crippen LogP contribution in [0.4, 0.5) is 0 Å². The molecule has 19 heavy (non-hydrogen) atoms. The first-order valence-electron chi connectivity index (χ1n) is 6.77. The lowest BCUT2D eigenvalue weighted by Crippen LogP contribution is -2.19. The predicted octanol–water partition coefficient (Wildman–Crippen LogP) is 2.99. The van der Waals surface area contributed by atoms with E-state index in [1.807, 2.05) is 6.21 Å². The fourth-order valence-corrected chi connectivity index (χ4v) is 2.29. The average molecular weight is 260 g/mol. The molecular formula is C15H20N2O2. The van der Waals surface area contributed by atoms with Gasteiger partial charge < -0.3 is 4.74 Å². The number of nitrogens with one attached hydrogen (secondary N) is 1. The Morgan fingerprint density at radius 2 is 1.95 bits per heavy atom. The molecule has 1 aromatic rings. The van der Waals surface area contributed by atoms with Gasteiger partial charge in [-0.3, -0.25) is 4.79 Å². The summed E-state index contributed by atoms with van der Waals surface area (Å²) < 4.78 is 5.05. The third-order valence-electron chi connectivity index (χ3n) is 3.45. The van der Waals surface area contributed by atoms with Gasteiger partial charge in [-0.15, -0.1) is 0 Å². The number of rotatable bonds is 4. The molecule has 4 heteroatoms. The van der Waals surface area contributed by atoms with E-state index < -0.39 is 0 Å². The lowest BCUT2D eigenvalue weighted by Gasteiger charge is -2.16. The van der Waals surface area contributed by atoms with Crippen LogP contribution in [0, 0.1) is 5.92 Å². The molecule has 0 saturated heterocycles. The van der Waals surface area contributed by atoms with Crippen molar-refractivity contribution in [3.8, 4) is 5.75 Å². The molecule has 0 aromatic heterocycles. The minimum Gasteiger partial charge on any atom is -0.497 e. The van der Waals surface area contributed by atoms with E-state index in [0.717, 1.165) is 5.75 Å². The first-order chi connectivity index (χ1) is 9.29. The zero-order chi connectivity index (χ0) is 13.5. The van der Waals surface area contributed by atoms with Gasteiger partial charge in [-0.05, 0) is 43.0 Å². The molecule has 4 nitrogen and oxygen atoms in total. The van der Waals surface area contributed by atoms with Gasteiger partial charge in [-0.25, -0.2) is 5.43 Å². The van der Waals surface area contributed by atoms with Gasteiger partial charge in [-0.1, -0.05) is 19.3 Å². The second kappa shape index (κ2) is 6.92. The van der Waals surface area contributed by atoms with E-state index >= 15 is 0 Å². The van der Waals surface area contributed by atoms with Gasteiger partial charge in [0.2, 0.25) is 0 Å². The van der Waals surface area contributed by atoms with Crippen LogP contribution in [0.25, 0.3) is 0 Å². The molecule has 0 unspecified atom stereocenters. The summed E-state index contributed by atoms with van der Waals surface area (Å²) in [4.78, 5) is 11.8. The van der Waals surface area contributed by atoms with E-state index in [1.54, 1.807) is 31.4 Å². The van der Waals surface area contributed by atoms with Gasteiger partial charge >= 0.3 is 0 Å². The van der Waals surface area contributed by atoms with E-state index in [1.165, 1.54) is 32.1 Å². The molecule has 1 fully saturated rings. The minimum atomic E-state index is -0.185. The van der Waals surface area contributed by atoms with E-state index in [0.29, 0.717) is 11.5 Å². The summed E-state index contributed by atoms with van der Waals surface area (Å²) in [7, 11) is 1.60. The smallest absolute Gasteiger partial charge is 0.271 e. The first-order valence-corrected chi connectivity index (χ1v) is 6.77. The molecule has 1 N–H and O–H groups in total. The number of carbonyl (C=O) groups is 1. The van der Waals surface area contributed by atoms with Gasteiger partial charge in [0.15, 0.2) is 0 Å². The van der Waals surface area contributed by atoms with Crippen molar-refractivity contribution < 1.29 is 9.53 Å². The second-order valence-corrected chi connectivity index (χ2v) is 4.85. The van der Waals surface area contributed by atoms with Gasteiger partial charge in [0.05, 0.1) is 7.11 Å². The van der Waals surface area contributed by atoms with Crippen molar-refractivity contribution in [1.29, 1.82) is 0 Å². The molecule has 0 heterocycles. The number of amides is 1. The van der Waals surface area contributed by atoms with Crippen molar-refractivity contribution in [2.24, 2.45) is 11.0 Å². The summed E-state index contributed by atoms with van der Waals surface area (Å²) in [5.74, 6) is 1.07. The average Bonchev–Trinajstić information content (AvgIpc) is 2.48. The topological polar surface area (TPSA) is 50.7 Å². The van der Waals surface area contributed by atoms with Crippen LogP contribution < -0.4 is 10.2 Å². The van der Waals surface area contributed by atoms with Crippen molar-refractivity contribution in [3.05, 3.63) is 29.8 Å². The Kier molecular flexibility index (Phi) is 4.95. The molecule has 0 aliphatic heterocycles. The Bertz CT molecular complexity index is 434. The molecule has 1 aromatic carbocycles. The monoisotopic (exact) mass is 260 g/mol. The zero-order valence-electron chi connectivity index (χ0n) is 11.3. The van der Waals surface area contributed by atoms with Crippen molar-refractivity contribution in [2.45, 2.75) is 32.1 Å². The maximum atomic E-state index is 11.8. The highest BCUT2D eigenvalue weighted by atomic mass is 16.5. The molecule has 102 valence electrons. The number of hydrazone groups is 1. The normalized spacial score (nSPS) is 16.5. The van der Waals surface area contributed by atoms with Crippen LogP contribution in [-0.4, -0.2) is 19.2 Å². The number of hydrogen-bond donors (Lipinski definition) is 1. The maximum Gasteiger partial charge on any atom is 0.271 e. The Labute approximate surface area is 113 Å². The van der Waals surface area contributed by atoms with Crippen molar-refractivity contribution in [2.75, 3.05) is 7.11 Å². The first kappa shape index (κ1) is 13.6. The zero-order valence-corrected chi connectivity index (χ0v) is 11.3. The van der Waals surface area contributed by atoms with Gasteiger partial charge in [-0.2, -0.15) is 5.10 Å². The molecule has 0 bridgehead atoms. The standard InChI is InChI=1S/C15H20N2O2/c1-19-14-9-7-13(8-10-14)15(18)17-16-11-12-5-3-2-4-6-12/h7-12H,2-6H2,1H3,(H,17,18)/b16-11-. The fourth-order valence-electron chi connectivity index (χ4n) is 2.29. The SMILES string of the molecule is COc1ccc(C(=O)N/N=C\C2CCCCC2)cc1. The molecule has 0 radical (unpaired) electrons. The Morgan fingerprint density at radius 1 is 1.26 bits per heavy atom. The summed E-state index contributed by atoms with van der Waals surface area (Å²) in [5, 5.41) is 4.06. The highest BCUT2D eigenvalue weighted by Gasteiger charge is 2.11. The largest absolute Gasteiger partial charge is 0.497 e. The van der Waals surface area contributed by atoms with Crippen molar-refractivity contribution in [3.63, 3.8) is 0 Å². The van der Waals surface area contributed by atoms with Crippen molar-refractivity contribution in [1.82, 2.24) is 5.43 Å². The molecule has 0 spiro atoms. The number of ether oxygens (including phenoxy) is 1. The number of nitrogens with zero attached hydrogens (tertiary/aromatic N) is 1. The third-order valence-corrected chi connectivity index (χ3v) is 3.45. The molecule has 1 aliphatic carbocycles. The van der Waals surface area contributed by atoms with Crippen LogP contribution in [0.5, 0.6) is 5.75 Å². The van der Waals surface area contributed by atoms with E-state index in [9.17, 15) is 4.79 Å². The number of methoxy groups -OCH3 is 1. The second-order valence-electron chi connectivity index (χ2n) is 4.85. The summed E-state index contributed by atoms with van der Waals surface area (Å²) in [6.45, 7) is 0. The summed E-state index contributed by atoms with van der Waals surface area (Å²) in [5.41, 5.74) is 3.16. The van der Waals surface area contributed by atoms with Crippen LogP contribution in [0.3, 0.4) is 0 Å². The highest BCUT2D eigenvalue weighted by Crippen LogP contribution is 2.21. The molecule has 1 aliphatic rings. The van der Waals surface area contributed by atoms with Crippen LogP contribution in [0.1, 0.15) is 42.5 Å². The summed E-state index contributed by atoms with van der Waals surface area (Å²) in [6, 6.07) is 6.98. The molecular weight excluding hydrogens is 240 g/mol. The number of benzene rings is 1. The Hall–Kier alpha value is -1.84. The molecule has 0 atom stereocenters. The van der Waals surface area contributed by atoms with Gasteiger partial charge in [0.25, 0.3) is 5.91 Å². The van der Waals surface area contributed by atoms with Gasteiger partial charge in [0.1, 0.15) is 5.75 Å². The minimum absolute atomic E-state index is 0.185. The third kappa shape index (κ3) is 4.09. The number of carbonyl (C=O) groups excluding carboxylic acids is 1. The van der Waals surface area contributed by atoms with E-state index in [-0.39, 0.29) is 5.91 Å². The van der Waals surface area contributed by atoms with E-state index in [4.69, 9.17) is 4.74 Å². The Balaban J connectivity index is 1.84. The van der Waals surface area contributed by atoms with Crippen molar-refractivity contribution >= 4 is 12.1 Å². The maximum absolute atomic E-state index is 11.8. The summed E-state index contributed by atoms with van der Waals surface area (Å²) in [6.07, 6.45) is 8.10. The van der Waals surface area contributed by atoms with Crippen LogP contribution in [-0.2, 0) is 0 Å². The van der Waals surface area contributed by atoms with Crippen LogP contribution in [0.15, 0.2) is 29.4 Å². The van der Waals surface area contributed by atoms with E-state index in [2.05, 4.69) is 10.5 Å². The van der Waals surface area contributed by atoms with Crippen LogP contribution in [0.2, 0.25) is 0 Å². The molecule has 2 rings (SSSR count). The van der Waals surface area contributed by atoms with Gasteiger partial charge in [0, 0.05) is 11.8 Å². The summed E-state index contributed by atoms with van der Waals surface area (Å²) >= 11 is 0. The lowest BCUT2D eigenvalue weighted by atomic mass is 9.90. The fraction of sp³-hybridized carbons (Fsp3) is 0.467.